The van der Waals surface area contributed by atoms with E-state index in [2.05, 4.69) is 37.9 Å². The maximum Gasteiger partial charge on any atom is 0.159 e. The summed E-state index contributed by atoms with van der Waals surface area (Å²) < 4.78 is 3.21. The van der Waals surface area contributed by atoms with Gasteiger partial charge in [-0.2, -0.15) is 5.10 Å². The van der Waals surface area contributed by atoms with Crippen molar-refractivity contribution in [1.29, 1.82) is 0 Å². The molecular weight excluding hydrogens is 300 g/mol. The smallest absolute Gasteiger partial charge is 0.159 e. The maximum atomic E-state index is 5.24. The van der Waals surface area contributed by atoms with Gasteiger partial charge in [0.25, 0.3) is 0 Å². The van der Waals surface area contributed by atoms with Gasteiger partial charge in [0.2, 0.25) is 0 Å². The molecule has 0 aliphatic heterocycles. The van der Waals surface area contributed by atoms with E-state index in [-0.39, 0.29) is 0 Å². The molecule has 4 nitrogen and oxygen atoms in total. The van der Waals surface area contributed by atoms with Crippen molar-refractivity contribution in [1.82, 2.24) is 19.7 Å². The Morgan fingerprint density at radius 3 is 2.88 bits per heavy atom. The molecule has 0 unspecified atom stereocenters. The van der Waals surface area contributed by atoms with Crippen LogP contribution in [0, 0.1) is 4.64 Å². The van der Waals surface area contributed by atoms with Crippen LogP contribution >= 0.6 is 28.1 Å². The number of rotatable bonds is 3. The van der Waals surface area contributed by atoms with Gasteiger partial charge in [0, 0.05) is 18.9 Å². The Balaban J connectivity index is 2.52. The van der Waals surface area contributed by atoms with Crippen LogP contribution in [0.3, 0.4) is 0 Å². The number of nitrogens with zero attached hydrogens (tertiary/aromatic N) is 3. The van der Waals surface area contributed by atoms with E-state index >= 15 is 0 Å². The summed E-state index contributed by atoms with van der Waals surface area (Å²) in [4.78, 5) is 7.62. The second kappa shape index (κ2) is 5.10. The van der Waals surface area contributed by atoms with E-state index in [1.54, 1.807) is 4.68 Å². The van der Waals surface area contributed by atoms with Gasteiger partial charge in [-0.25, -0.2) is 4.98 Å². The van der Waals surface area contributed by atoms with Crippen molar-refractivity contribution in [2.24, 2.45) is 7.05 Å². The van der Waals surface area contributed by atoms with Crippen LogP contribution in [-0.4, -0.2) is 19.7 Å². The third-order valence-electron chi connectivity index (χ3n) is 2.39. The molecule has 0 amide bonds. The molecule has 0 bridgehead atoms. The molecule has 0 radical (unpaired) electrons. The lowest BCUT2D eigenvalue weighted by Gasteiger charge is -2.05. The molecule has 90 valence electrons. The van der Waals surface area contributed by atoms with Crippen molar-refractivity contribution in [3.05, 3.63) is 27.1 Å². The first-order valence-electron chi connectivity index (χ1n) is 5.40. The Bertz CT molecular complexity index is 587. The molecule has 0 saturated heterocycles. The maximum absolute atomic E-state index is 5.24. The number of aromatic amines is 1. The zero-order valence-electron chi connectivity index (χ0n) is 9.70. The monoisotopic (exact) mass is 312 g/mol. The van der Waals surface area contributed by atoms with E-state index in [1.807, 2.05) is 19.3 Å². The highest BCUT2D eigenvalue weighted by molar-refractivity contribution is 9.10. The Hall–Kier alpha value is -1.01. The van der Waals surface area contributed by atoms with Crippen LogP contribution in [0.4, 0.5) is 0 Å². The zero-order chi connectivity index (χ0) is 12.4. The molecule has 0 saturated carbocycles. The Morgan fingerprint density at radius 1 is 1.53 bits per heavy atom. The van der Waals surface area contributed by atoms with Gasteiger partial charge in [0.1, 0.15) is 10.3 Å². The van der Waals surface area contributed by atoms with Gasteiger partial charge in [-0.15, -0.1) is 0 Å². The predicted octanol–water partition coefficient (Wildman–Crippen LogP) is 3.25. The summed E-state index contributed by atoms with van der Waals surface area (Å²) in [5.74, 6) is 0.724. The SMILES string of the molecule is CCCc1[nH]c(-c2ccn(C)n2)nc(=S)c1Br. The number of hydrogen-bond acceptors (Lipinski definition) is 3. The molecule has 0 aliphatic carbocycles. The summed E-state index contributed by atoms with van der Waals surface area (Å²) in [6.07, 6.45) is 3.87. The topological polar surface area (TPSA) is 46.5 Å². The van der Waals surface area contributed by atoms with Crippen LogP contribution in [-0.2, 0) is 13.5 Å². The standard InChI is InChI=1S/C11H13BrN4S/c1-3-4-7-9(12)11(17)14-10(13-7)8-5-6-16(2)15-8/h5-6H,3-4H2,1-2H3,(H,13,14,17). The highest BCUT2D eigenvalue weighted by Crippen LogP contribution is 2.21. The summed E-state index contributed by atoms with van der Waals surface area (Å²) in [5.41, 5.74) is 1.89. The number of H-pyrrole nitrogens is 1. The van der Waals surface area contributed by atoms with E-state index in [1.165, 1.54) is 0 Å². The van der Waals surface area contributed by atoms with Gasteiger partial charge in [-0.3, -0.25) is 4.68 Å². The van der Waals surface area contributed by atoms with E-state index in [0.29, 0.717) is 4.64 Å². The summed E-state index contributed by atoms with van der Waals surface area (Å²) in [7, 11) is 1.88. The van der Waals surface area contributed by atoms with Crippen LogP contribution in [0.15, 0.2) is 16.7 Å². The fourth-order valence-electron chi connectivity index (χ4n) is 1.59. The van der Waals surface area contributed by atoms with Crippen molar-refractivity contribution < 1.29 is 0 Å². The van der Waals surface area contributed by atoms with Gasteiger partial charge < -0.3 is 4.98 Å². The van der Waals surface area contributed by atoms with Crippen molar-refractivity contribution in [2.75, 3.05) is 0 Å². The van der Waals surface area contributed by atoms with Crippen molar-refractivity contribution in [2.45, 2.75) is 19.8 Å². The first-order chi connectivity index (χ1) is 8.11. The number of nitrogens with one attached hydrogen (secondary N) is 1. The number of aromatic nitrogens is 4. The molecule has 0 fully saturated rings. The second-order valence-corrected chi connectivity index (χ2v) is 4.99. The molecule has 6 heteroatoms. The van der Waals surface area contributed by atoms with Crippen LogP contribution < -0.4 is 0 Å². The molecule has 2 aromatic rings. The molecule has 0 aliphatic rings. The summed E-state index contributed by atoms with van der Waals surface area (Å²) in [5, 5.41) is 4.31. The van der Waals surface area contributed by atoms with Crippen LogP contribution in [0.1, 0.15) is 19.0 Å². The lowest BCUT2D eigenvalue weighted by Crippen LogP contribution is -1.99. The molecule has 2 rings (SSSR count). The highest BCUT2D eigenvalue weighted by atomic mass is 79.9. The lowest BCUT2D eigenvalue weighted by atomic mass is 10.2. The van der Waals surface area contributed by atoms with Crippen molar-refractivity contribution in [3.63, 3.8) is 0 Å². The van der Waals surface area contributed by atoms with Crippen LogP contribution in [0.2, 0.25) is 0 Å². The van der Waals surface area contributed by atoms with Gasteiger partial charge in [0.05, 0.1) is 4.47 Å². The lowest BCUT2D eigenvalue weighted by molar-refractivity contribution is 0.767. The molecule has 2 heterocycles. The van der Waals surface area contributed by atoms with Crippen molar-refractivity contribution in [3.8, 4) is 11.5 Å². The minimum Gasteiger partial charge on any atom is -0.341 e. The number of hydrogen-bond donors (Lipinski definition) is 1. The molecule has 0 aromatic carbocycles. The van der Waals surface area contributed by atoms with Crippen LogP contribution in [0.5, 0.6) is 0 Å². The third kappa shape index (κ3) is 2.63. The summed E-state index contributed by atoms with van der Waals surface area (Å²) >= 11 is 8.71. The largest absolute Gasteiger partial charge is 0.341 e. The highest BCUT2D eigenvalue weighted by Gasteiger charge is 2.09. The Labute approximate surface area is 113 Å². The summed E-state index contributed by atoms with van der Waals surface area (Å²) in [6.45, 7) is 2.13. The van der Waals surface area contributed by atoms with Gasteiger partial charge in [-0.05, 0) is 28.4 Å². The number of aryl methyl sites for hydroxylation is 2. The van der Waals surface area contributed by atoms with Gasteiger partial charge in [-0.1, -0.05) is 25.6 Å². The molecule has 17 heavy (non-hydrogen) atoms. The van der Waals surface area contributed by atoms with E-state index in [9.17, 15) is 0 Å². The normalized spacial score (nSPS) is 10.8. The molecular formula is C11H13BrN4S. The Kier molecular flexibility index (Phi) is 3.73. The fourth-order valence-corrected chi connectivity index (χ4v) is 2.19. The van der Waals surface area contributed by atoms with E-state index < -0.39 is 0 Å². The molecule has 0 atom stereocenters. The van der Waals surface area contributed by atoms with Crippen molar-refractivity contribution >= 4 is 28.1 Å². The minimum atomic E-state index is 0.577. The zero-order valence-corrected chi connectivity index (χ0v) is 12.1. The molecule has 1 N–H and O–H groups in total. The second-order valence-electron chi connectivity index (χ2n) is 3.81. The Morgan fingerprint density at radius 2 is 2.29 bits per heavy atom. The van der Waals surface area contributed by atoms with Crippen LogP contribution in [0.25, 0.3) is 11.5 Å². The first kappa shape index (κ1) is 12.4. The molecule has 0 spiro atoms. The predicted molar refractivity (Wildman–Crippen MR) is 73.3 cm³/mol. The van der Waals surface area contributed by atoms with E-state index in [0.717, 1.165) is 34.5 Å². The third-order valence-corrected chi connectivity index (χ3v) is 3.80. The summed E-state index contributed by atoms with van der Waals surface area (Å²) in [6, 6.07) is 1.91. The first-order valence-corrected chi connectivity index (χ1v) is 6.60. The quantitative estimate of drug-likeness (QED) is 0.885. The molecule has 2 aromatic heterocycles. The van der Waals surface area contributed by atoms with Gasteiger partial charge in [0.15, 0.2) is 5.82 Å². The minimum absolute atomic E-state index is 0.577. The average Bonchev–Trinajstić information content (AvgIpc) is 2.71. The number of halogens is 1. The van der Waals surface area contributed by atoms with Gasteiger partial charge >= 0.3 is 0 Å². The van der Waals surface area contributed by atoms with E-state index in [4.69, 9.17) is 12.2 Å². The fraction of sp³-hybridized carbons (Fsp3) is 0.364. The average molecular weight is 313 g/mol.